The molecule has 0 aliphatic carbocycles. The van der Waals surface area contributed by atoms with E-state index < -0.39 is 11.9 Å². The van der Waals surface area contributed by atoms with E-state index in [0.29, 0.717) is 60.2 Å². The first-order valence-corrected chi connectivity index (χ1v) is 11.7. The zero-order chi connectivity index (χ0) is 26.5. The predicted molar refractivity (Wildman–Crippen MR) is 136 cm³/mol. The Morgan fingerprint density at radius 2 is 1.35 bits per heavy atom. The van der Waals surface area contributed by atoms with Crippen LogP contribution in [0.5, 0.6) is 23.0 Å². The van der Waals surface area contributed by atoms with Crippen molar-refractivity contribution in [1.29, 1.82) is 0 Å². The maximum Gasteiger partial charge on any atom is 0.343 e. The summed E-state index contributed by atoms with van der Waals surface area (Å²) in [5, 5.41) is 0. The van der Waals surface area contributed by atoms with Crippen LogP contribution >= 0.6 is 0 Å². The quantitative estimate of drug-likeness (QED) is 0.0718. The lowest BCUT2D eigenvalue weighted by Crippen LogP contribution is -2.09. The number of unbranched alkanes of at least 4 members (excludes halogenated alkanes) is 1. The Hall–Kier alpha value is -4.59. The van der Waals surface area contributed by atoms with E-state index in [1.807, 2.05) is 0 Å². The molecule has 3 aromatic carbocycles. The lowest BCUT2D eigenvalue weighted by Gasteiger charge is -2.10. The molecule has 0 aliphatic heterocycles. The molecule has 0 bridgehead atoms. The van der Waals surface area contributed by atoms with Crippen LogP contribution in [0.15, 0.2) is 85.5 Å². The maximum atomic E-state index is 12.4. The van der Waals surface area contributed by atoms with Gasteiger partial charge in [0.15, 0.2) is 5.78 Å². The summed E-state index contributed by atoms with van der Waals surface area (Å²) >= 11 is 0. The number of carbonyl (C=O) groups is 3. The van der Waals surface area contributed by atoms with Crippen molar-refractivity contribution in [3.05, 3.63) is 96.6 Å². The molecular weight excluding hydrogens is 476 g/mol. The van der Waals surface area contributed by atoms with Gasteiger partial charge in [0.05, 0.1) is 18.8 Å². The van der Waals surface area contributed by atoms with Crippen LogP contribution in [0.1, 0.15) is 40.5 Å². The van der Waals surface area contributed by atoms with Crippen LogP contribution in [0.4, 0.5) is 0 Å². The molecule has 8 heteroatoms. The second-order valence-electron chi connectivity index (χ2n) is 7.80. The summed E-state index contributed by atoms with van der Waals surface area (Å²) in [6.45, 7) is 5.56. The lowest BCUT2D eigenvalue weighted by atomic mass is 10.1. The monoisotopic (exact) mass is 504 g/mol. The van der Waals surface area contributed by atoms with Gasteiger partial charge < -0.3 is 23.7 Å². The van der Waals surface area contributed by atoms with Crippen molar-refractivity contribution < 1.29 is 38.1 Å². The van der Waals surface area contributed by atoms with Gasteiger partial charge in [-0.1, -0.05) is 18.7 Å². The Balaban J connectivity index is 1.39. The molecule has 0 atom stereocenters. The highest BCUT2D eigenvalue weighted by Crippen LogP contribution is 2.21. The first kappa shape index (κ1) is 27.0. The van der Waals surface area contributed by atoms with Gasteiger partial charge in [-0.05, 0) is 80.4 Å². The summed E-state index contributed by atoms with van der Waals surface area (Å²) in [6, 6.07) is 20.0. The summed E-state index contributed by atoms with van der Waals surface area (Å²) in [5.74, 6) is 1.06. The maximum absolute atomic E-state index is 12.4. The van der Waals surface area contributed by atoms with Crippen LogP contribution in [-0.2, 0) is 9.53 Å². The minimum atomic E-state index is -0.502. The molecule has 0 aromatic heterocycles. The molecule has 3 rings (SSSR count). The average Bonchev–Trinajstić information content (AvgIpc) is 2.92. The van der Waals surface area contributed by atoms with Gasteiger partial charge in [0, 0.05) is 11.6 Å². The summed E-state index contributed by atoms with van der Waals surface area (Å²) in [5.41, 5.74) is 0.941. The molecule has 0 aliphatic rings. The topological polar surface area (TPSA) is 97.4 Å². The second kappa shape index (κ2) is 14.1. The Morgan fingerprint density at radius 1 is 0.730 bits per heavy atom. The molecule has 3 aromatic rings. The Bertz CT molecular complexity index is 1200. The van der Waals surface area contributed by atoms with E-state index in [-0.39, 0.29) is 12.6 Å². The number of rotatable bonds is 14. The zero-order valence-corrected chi connectivity index (χ0v) is 20.5. The molecule has 0 saturated carbocycles. The summed E-state index contributed by atoms with van der Waals surface area (Å²) in [4.78, 5) is 34.9. The van der Waals surface area contributed by atoms with Gasteiger partial charge in [0.1, 0.15) is 23.0 Å². The SMILES string of the molecule is C=CC(=O)OCCCCOc1ccc(C(=O)Oc2ccc(OCOc3cccc(C(C)=O)c3)cc2)cc1. The van der Waals surface area contributed by atoms with E-state index in [1.54, 1.807) is 72.8 Å². The molecule has 0 spiro atoms. The van der Waals surface area contributed by atoms with E-state index in [1.165, 1.54) is 6.92 Å². The number of Topliss-reactive ketones (excluding diaryl/α,β-unsaturated/α-hetero) is 1. The number of hydrogen-bond donors (Lipinski definition) is 0. The minimum absolute atomic E-state index is 0.0433. The van der Waals surface area contributed by atoms with Crippen LogP contribution in [0, 0.1) is 0 Å². The average molecular weight is 505 g/mol. The molecule has 0 radical (unpaired) electrons. The highest BCUT2D eigenvalue weighted by atomic mass is 16.7. The highest BCUT2D eigenvalue weighted by Gasteiger charge is 2.09. The fourth-order valence-electron chi connectivity index (χ4n) is 3.05. The van der Waals surface area contributed by atoms with E-state index in [2.05, 4.69) is 6.58 Å². The number of benzene rings is 3. The van der Waals surface area contributed by atoms with Crippen molar-refractivity contribution in [2.45, 2.75) is 19.8 Å². The van der Waals surface area contributed by atoms with Gasteiger partial charge in [-0.3, -0.25) is 4.79 Å². The highest BCUT2D eigenvalue weighted by molar-refractivity contribution is 5.94. The summed E-state index contributed by atoms with van der Waals surface area (Å²) in [6.07, 6.45) is 2.52. The first-order valence-electron chi connectivity index (χ1n) is 11.7. The molecule has 0 N–H and O–H groups in total. The van der Waals surface area contributed by atoms with Crippen LogP contribution in [0.25, 0.3) is 0 Å². The van der Waals surface area contributed by atoms with Crippen LogP contribution < -0.4 is 18.9 Å². The van der Waals surface area contributed by atoms with E-state index in [9.17, 15) is 14.4 Å². The predicted octanol–water partition coefficient (Wildman–Crippen LogP) is 5.41. The number of esters is 2. The zero-order valence-electron chi connectivity index (χ0n) is 20.5. The summed E-state index contributed by atoms with van der Waals surface area (Å²) < 4.78 is 27.0. The second-order valence-corrected chi connectivity index (χ2v) is 7.80. The van der Waals surface area contributed by atoms with E-state index >= 15 is 0 Å². The van der Waals surface area contributed by atoms with Gasteiger partial charge in [-0.25, -0.2) is 9.59 Å². The molecular formula is C29H28O8. The molecule has 0 unspecified atom stereocenters. The standard InChI is InChI=1S/C29H28O8/c1-3-28(31)34-18-5-4-17-33-24-11-9-22(10-12-24)29(32)37-26-15-13-25(14-16-26)35-20-36-27-8-6-7-23(19-27)21(2)30/h3,6-16,19H,1,4-5,17-18,20H2,2H3. The van der Waals surface area contributed by atoms with Crippen molar-refractivity contribution >= 4 is 17.7 Å². The van der Waals surface area contributed by atoms with Crippen LogP contribution in [0.2, 0.25) is 0 Å². The van der Waals surface area contributed by atoms with Crippen molar-refractivity contribution in [2.75, 3.05) is 20.0 Å². The third kappa shape index (κ3) is 9.18. The number of carbonyl (C=O) groups excluding carboxylic acids is 3. The van der Waals surface area contributed by atoms with Gasteiger partial charge >= 0.3 is 11.9 Å². The van der Waals surface area contributed by atoms with Gasteiger partial charge in [0.25, 0.3) is 0 Å². The fraction of sp³-hybridized carbons (Fsp3) is 0.207. The summed E-state index contributed by atoms with van der Waals surface area (Å²) in [7, 11) is 0. The largest absolute Gasteiger partial charge is 0.494 e. The molecule has 192 valence electrons. The molecule has 0 amide bonds. The van der Waals surface area contributed by atoms with Gasteiger partial charge in [-0.15, -0.1) is 0 Å². The minimum Gasteiger partial charge on any atom is -0.494 e. The van der Waals surface area contributed by atoms with E-state index in [0.717, 1.165) is 6.08 Å². The molecule has 0 fully saturated rings. The number of ketones is 1. The van der Waals surface area contributed by atoms with Crippen molar-refractivity contribution in [1.82, 2.24) is 0 Å². The van der Waals surface area contributed by atoms with Crippen LogP contribution in [0.3, 0.4) is 0 Å². The van der Waals surface area contributed by atoms with Crippen LogP contribution in [-0.4, -0.2) is 37.7 Å². The Morgan fingerprint density at radius 3 is 2.05 bits per heavy atom. The third-order valence-electron chi connectivity index (χ3n) is 5.03. The van der Waals surface area contributed by atoms with Gasteiger partial charge in [-0.2, -0.15) is 0 Å². The molecule has 0 saturated heterocycles. The molecule has 0 heterocycles. The molecule has 8 nitrogen and oxygen atoms in total. The lowest BCUT2D eigenvalue weighted by molar-refractivity contribution is -0.137. The first-order chi connectivity index (χ1) is 17.9. The van der Waals surface area contributed by atoms with Crippen molar-refractivity contribution in [3.63, 3.8) is 0 Å². The fourth-order valence-corrected chi connectivity index (χ4v) is 3.05. The Labute approximate surface area is 215 Å². The smallest absolute Gasteiger partial charge is 0.343 e. The normalized spacial score (nSPS) is 10.2. The van der Waals surface area contributed by atoms with E-state index in [4.69, 9.17) is 23.7 Å². The molecule has 37 heavy (non-hydrogen) atoms. The van der Waals surface area contributed by atoms with Crippen molar-refractivity contribution in [2.24, 2.45) is 0 Å². The van der Waals surface area contributed by atoms with Crippen molar-refractivity contribution in [3.8, 4) is 23.0 Å². The number of hydrogen-bond acceptors (Lipinski definition) is 8. The Kier molecular flexibility index (Phi) is 10.3. The number of ether oxygens (including phenoxy) is 5. The van der Waals surface area contributed by atoms with Gasteiger partial charge in [0.2, 0.25) is 6.79 Å². The third-order valence-corrected chi connectivity index (χ3v) is 5.03.